The fraction of sp³-hybridized carbons (Fsp3) is 0.250. The summed E-state index contributed by atoms with van der Waals surface area (Å²) in [6.45, 7) is 2.18. The van der Waals surface area contributed by atoms with Gasteiger partial charge in [0.25, 0.3) is 0 Å². The molecule has 1 nitrogen and oxygen atoms in total. The first-order valence-electron chi connectivity index (χ1n) is 6.22. The summed E-state index contributed by atoms with van der Waals surface area (Å²) in [6.07, 6.45) is 0.941. The van der Waals surface area contributed by atoms with E-state index in [4.69, 9.17) is 17.3 Å². The van der Waals surface area contributed by atoms with Gasteiger partial charge >= 0.3 is 0 Å². The lowest BCUT2D eigenvalue weighted by atomic mass is 9.90. The Labute approximate surface area is 114 Å². The van der Waals surface area contributed by atoms with Gasteiger partial charge in [-0.05, 0) is 35.6 Å². The van der Waals surface area contributed by atoms with Gasteiger partial charge < -0.3 is 5.73 Å². The molecule has 0 aliphatic heterocycles. The van der Waals surface area contributed by atoms with Crippen LogP contribution in [0.5, 0.6) is 0 Å². The lowest BCUT2D eigenvalue weighted by molar-refractivity contribution is 0.468. The maximum absolute atomic E-state index is 6.29. The summed E-state index contributed by atoms with van der Waals surface area (Å²) in [7, 11) is 0. The summed E-state index contributed by atoms with van der Waals surface area (Å²) >= 11 is 5.99. The van der Waals surface area contributed by atoms with Gasteiger partial charge in [0.2, 0.25) is 0 Å². The van der Waals surface area contributed by atoms with E-state index in [0.29, 0.717) is 5.92 Å². The maximum Gasteiger partial charge on any atom is 0.0408 e. The van der Waals surface area contributed by atoms with Crippen LogP contribution in [0, 0.1) is 5.92 Å². The van der Waals surface area contributed by atoms with Gasteiger partial charge in [0.1, 0.15) is 0 Å². The van der Waals surface area contributed by atoms with Crippen LogP contribution in [0.3, 0.4) is 0 Å². The van der Waals surface area contributed by atoms with Gasteiger partial charge in [-0.2, -0.15) is 0 Å². The van der Waals surface area contributed by atoms with Crippen molar-refractivity contribution >= 4 is 11.6 Å². The van der Waals surface area contributed by atoms with Crippen LogP contribution in [0.15, 0.2) is 54.6 Å². The van der Waals surface area contributed by atoms with E-state index >= 15 is 0 Å². The molecule has 0 spiro atoms. The topological polar surface area (TPSA) is 26.0 Å². The zero-order valence-corrected chi connectivity index (χ0v) is 11.3. The van der Waals surface area contributed by atoms with E-state index in [9.17, 15) is 0 Å². The summed E-state index contributed by atoms with van der Waals surface area (Å²) in [5.41, 5.74) is 8.72. The lowest BCUT2D eigenvalue weighted by Gasteiger charge is -2.20. The molecule has 2 atom stereocenters. The minimum atomic E-state index is 0.0604. The Hall–Kier alpha value is -1.31. The van der Waals surface area contributed by atoms with E-state index in [-0.39, 0.29) is 6.04 Å². The highest BCUT2D eigenvalue weighted by atomic mass is 35.5. The highest BCUT2D eigenvalue weighted by molar-refractivity contribution is 6.30. The normalized spacial score (nSPS) is 14.2. The Morgan fingerprint density at radius 2 is 1.78 bits per heavy atom. The minimum absolute atomic E-state index is 0.0604. The molecule has 2 N–H and O–H groups in total. The molecule has 2 heteroatoms. The number of nitrogens with two attached hydrogens (primary N) is 1. The van der Waals surface area contributed by atoms with Crippen molar-refractivity contribution in [2.24, 2.45) is 11.7 Å². The van der Waals surface area contributed by atoms with Crippen molar-refractivity contribution < 1.29 is 0 Å². The quantitative estimate of drug-likeness (QED) is 0.874. The predicted octanol–water partition coefficient (Wildman–Crippen LogP) is 4.22. The second-order valence-corrected chi connectivity index (χ2v) is 5.18. The standard InChI is InChI=1S/C16H18ClN/c1-12(10-13-6-5-9-15(17)11-13)16(18)14-7-3-2-4-8-14/h2-9,11-12,16H,10,18H2,1H3. The molecule has 0 heterocycles. The van der Waals surface area contributed by atoms with Gasteiger partial charge in [-0.1, -0.05) is 61.0 Å². The number of halogens is 1. The van der Waals surface area contributed by atoms with Crippen molar-refractivity contribution in [3.63, 3.8) is 0 Å². The number of benzene rings is 2. The van der Waals surface area contributed by atoms with E-state index in [1.807, 2.05) is 36.4 Å². The first-order valence-corrected chi connectivity index (χ1v) is 6.59. The fourth-order valence-corrected chi connectivity index (χ4v) is 2.38. The Balaban J connectivity index is 2.06. The van der Waals surface area contributed by atoms with E-state index in [2.05, 4.69) is 25.1 Å². The Kier molecular flexibility index (Phi) is 4.40. The first kappa shape index (κ1) is 13.1. The molecular weight excluding hydrogens is 242 g/mol. The van der Waals surface area contributed by atoms with Crippen LogP contribution in [-0.4, -0.2) is 0 Å². The summed E-state index contributed by atoms with van der Waals surface area (Å²) in [5, 5.41) is 0.785. The summed E-state index contributed by atoms with van der Waals surface area (Å²) in [5.74, 6) is 0.380. The smallest absolute Gasteiger partial charge is 0.0408 e. The largest absolute Gasteiger partial charge is 0.324 e. The average Bonchev–Trinajstić information content (AvgIpc) is 2.39. The third-order valence-electron chi connectivity index (χ3n) is 3.24. The van der Waals surface area contributed by atoms with Crippen molar-refractivity contribution in [2.45, 2.75) is 19.4 Å². The lowest BCUT2D eigenvalue weighted by Crippen LogP contribution is -2.20. The van der Waals surface area contributed by atoms with E-state index in [1.54, 1.807) is 0 Å². The fourth-order valence-electron chi connectivity index (χ4n) is 2.17. The molecule has 94 valence electrons. The van der Waals surface area contributed by atoms with E-state index in [0.717, 1.165) is 11.4 Å². The van der Waals surface area contributed by atoms with Crippen molar-refractivity contribution in [3.05, 3.63) is 70.7 Å². The molecule has 0 saturated carbocycles. The molecule has 2 rings (SSSR count). The monoisotopic (exact) mass is 259 g/mol. The zero-order valence-electron chi connectivity index (χ0n) is 10.5. The van der Waals surface area contributed by atoms with Crippen LogP contribution in [-0.2, 0) is 6.42 Å². The molecule has 0 aliphatic rings. The van der Waals surface area contributed by atoms with E-state index in [1.165, 1.54) is 11.1 Å². The molecule has 0 amide bonds. The molecular formula is C16H18ClN. The van der Waals surface area contributed by atoms with Crippen molar-refractivity contribution in [1.82, 2.24) is 0 Å². The molecule has 0 radical (unpaired) electrons. The minimum Gasteiger partial charge on any atom is -0.324 e. The molecule has 2 unspecified atom stereocenters. The summed E-state index contributed by atoms with van der Waals surface area (Å²) in [4.78, 5) is 0. The molecule has 2 aromatic carbocycles. The molecule has 2 aromatic rings. The average molecular weight is 260 g/mol. The Morgan fingerprint density at radius 1 is 1.06 bits per heavy atom. The molecule has 0 saturated heterocycles. The summed E-state index contributed by atoms with van der Waals surface area (Å²) in [6, 6.07) is 18.3. The van der Waals surface area contributed by atoms with Gasteiger partial charge in [0.15, 0.2) is 0 Å². The number of hydrogen-bond donors (Lipinski definition) is 1. The maximum atomic E-state index is 6.29. The highest BCUT2D eigenvalue weighted by Gasteiger charge is 2.15. The van der Waals surface area contributed by atoms with Crippen molar-refractivity contribution in [2.75, 3.05) is 0 Å². The number of rotatable bonds is 4. The summed E-state index contributed by atoms with van der Waals surface area (Å²) < 4.78 is 0. The third-order valence-corrected chi connectivity index (χ3v) is 3.48. The van der Waals surface area contributed by atoms with Gasteiger partial charge in [-0.25, -0.2) is 0 Å². The molecule has 0 aromatic heterocycles. The SMILES string of the molecule is CC(Cc1cccc(Cl)c1)C(N)c1ccccc1. The van der Waals surface area contributed by atoms with Gasteiger partial charge in [-0.15, -0.1) is 0 Å². The molecule has 0 bridgehead atoms. The first-order chi connectivity index (χ1) is 8.66. The highest BCUT2D eigenvalue weighted by Crippen LogP contribution is 2.23. The number of hydrogen-bond acceptors (Lipinski definition) is 1. The molecule has 18 heavy (non-hydrogen) atoms. The molecule has 0 fully saturated rings. The second-order valence-electron chi connectivity index (χ2n) is 4.75. The zero-order chi connectivity index (χ0) is 13.0. The van der Waals surface area contributed by atoms with Gasteiger partial charge in [0, 0.05) is 11.1 Å². The van der Waals surface area contributed by atoms with Gasteiger partial charge in [0.05, 0.1) is 0 Å². The Morgan fingerprint density at radius 3 is 2.44 bits per heavy atom. The van der Waals surface area contributed by atoms with Crippen LogP contribution >= 0.6 is 11.6 Å². The van der Waals surface area contributed by atoms with Crippen molar-refractivity contribution in [1.29, 1.82) is 0 Å². The van der Waals surface area contributed by atoms with Crippen LogP contribution in [0.2, 0.25) is 5.02 Å². The third kappa shape index (κ3) is 3.34. The van der Waals surface area contributed by atoms with Crippen LogP contribution in [0.1, 0.15) is 24.1 Å². The van der Waals surface area contributed by atoms with Crippen LogP contribution in [0.25, 0.3) is 0 Å². The van der Waals surface area contributed by atoms with E-state index < -0.39 is 0 Å². The van der Waals surface area contributed by atoms with Crippen molar-refractivity contribution in [3.8, 4) is 0 Å². The Bertz CT molecular complexity index is 495. The second kappa shape index (κ2) is 6.03. The van der Waals surface area contributed by atoms with Crippen LogP contribution in [0.4, 0.5) is 0 Å². The van der Waals surface area contributed by atoms with Gasteiger partial charge in [-0.3, -0.25) is 0 Å². The predicted molar refractivity (Wildman–Crippen MR) is 77.7 cm³/mol. The molecule has 0 aliphatic carbocycles. The van der Waals surface area contributed by atoms with Crippen LogP contribution < -0.4 is 5.73 Å².